The number of terminal acetylenes is 2. The first-order valence-corrected chi connectivity index (χ1v) is 12.3. The van der Waals surface area contributed by atoms with Crippen LogP contribution in [0, 0.1) is 38.5 Å². The molecule has 0 spiro atoms. The normalized spacial score (nSPS) is 14.2. The molecule has 0 aliphatic carbocycles. The van der Waals surface area contributed by atoms with E-state index in [2.05, 4.69) is 11.8 Å². The first kappa shape index (κ1) is 21.8. The maximum atomic E-state index is 14.5. The third kappa shape index (κ3) is 2.88. The molecule has 2 heterocycles. The molecule has 166 valence electrons. The molecule has 0 unspecified atom stereocenters. The Morgan fingerprint density at radius 1 is 0.765 bits per heavy atom. The van der Waals surface area contributed by atoms with Crippen LogP contribution in [0.1, 0.15) is 31.8 Å². The molecule has 3 aromatic carbocycles. The van der Waals surface area contributed by atoms with E-state index in [1.54, 1.807) is 50.2 Å². The molecule has 0 saturated carbocycles. The number of fused-ring (bicyclic) bond motifs is 4. The monoisotopic (exact) mass is 466 g/mol. The molecule has 0 atom stereocenters. The van der Waals surface area contributed by atoms with Gasteiger partial charge in [0, 0.05) is 16.4 Å². The molecule has 2 aliphatic heterocycles. The summed E-state index contributed by atoms with van der Waals surface area (Å²) in [7, 11) is -4.13. The zero-order chi connectivity index (χ0) is 24.2. The maximum absolute atomic E-state index is 14.5. The van der Waals surface area contributed by atoms with Gasteiger partial charge in [0.25, 0.3) is 0 Å². The van der Waals surface area contributed by atoms with Crippen molar-refractivity contribution in [3.8, 4) is 58.4 Å². The summed E-state index contributed by atoms with van der Waals surface area (Å²) in [4.78, 5) is 27.6. The molecule has 0 saturated heterocycles. The third-order valence-corrected chi connectivity index (χ3v) is 8.90. The molecule has 5 nitrogen and oxygen atoms in total. The van der Waals surface area contributed by atoms with Gasteiger partial charge in [0.15, 0.2) is 0 Å². The Hall–Kier alpha value is -4.05. The summed E-state index contributed by atoms with van der Waals surface area (Å²) in [6, 6.07) is 12.2. The van der Waals surface area contributed by atoms with Gasteiger partial charge in [-0.1, -0.05) is 30.0 Å². The number of aryl methyl sites for hydroxylation is 2. The van der Waals surface area contributed by atoms with E-state index in [0.29, 0.717) is 44.9 Å². The maximum Gasteiger partial charge on any atom is 0.249 e. The van der Waals surface area contributed by atoms with Crippen LogP contribution in [-0.4, -0.2) is 24.3 Å². The van der Waals surface area contributed by atoms with E-state index < -0.39 is 18.2 Å². The van der Waals surface area contributed by atoms with Crippen molar-refractivity contribution in [1.29, 1.82) is 0 Å². The standard InChI is InChI=1S/C28H19O5P/c1-5-10-32-18-12-16(3)24-22(14-18)20-8-7-9-21-23-15-19(33-11-6-2)13-17(4)25(23)28(30)34(31,26(20)21)27(24)29/h1-2,7-9,12-15H,10-11H2,3-4H3. The average molecular weight is 466 g/mol. The van der Waals surface area contributed by atoms with Gasteiger partial charge in [0.05, 0.1) is 0 Å². The quantitative estimate of drug-likeness (QED) is 0.402. The van der Waals surface area contributed by atoms with E-state index >= 15 is 0 Å². The summed E-state index contributed by atoms with van der Waals surface area (Å²) in [5.41, 5.74) is 2.74. The highest BCUT2D eigenvalue weighted by atomic mass is 31.2. The predicted molar refractivity (Wildman–Crippen MR) is 131 cm³/mol. The van der Waals surface area contributed by atoms with Crippen LogP contribution in [0.3, 0.4) is 0 Å². The summed E-state index contributed by atoms with van der Waals surface area (Å²) >= 11 is 0. The number of hydrogen-bond donors (Lipinski definition) is 0. The molecule has 0 bridgehead atoms. The topological polar surface area (TPSA) is 69.7 Å². The van der Waals surface area contributed by atoms with E-state index in [-0.39, 0.29) is 29.6 Å². The average Bonchev–Trinajstić information content (AvgIpc) is 2.82. The van der Waals surface area contributed by atoms with Crippen LogP contribution in [0.4, 0.5) is 0 Å². The lowest BCUT2D eigenvalue weighted by molar-refractivity contribution is 0.104. The molecule has 0 amide bonds. The van der Waals surface area contributed by atoms with Crippen molar-refractivity contribution >= 4 is 23.5 Å². The zero-order valence-corrected chi connectivity index (χ0v) is 19.5. The van der Waals surface area contributed by atoms with E-state index in [0.717, 1.165) is 0 Å². The smallest absolute Gasteiger partial charge is 0.249 e. The fourth-order valence-electron chi connectivity index (χ4n) is 4.85. The van der Waals surface area contributed by atoms with Crippen LogP contribution in [-0.2, 0) is 4.57 Å². The van der Waals surface area contributed by atoms with Gasteiger partial charge in [0.2, 0.25) is 18.2 Å². The molecule has 34 heavy (non-hydrogen) atoms. The number of carbonyl (C=O) groups excluding carboxylic acids is 2. The van der Waals surface area contributed by atoms with Gasteiger partial charge >= 0.3 is 0 Å². The van der Waals surface area contributed by atoms with Crippen molar-refractivity contribution in [2.24, 2.45) is 0 Å². The lowest BCUT2D eigenvalue weighted by Gasteiger charge is -2.33. The van der Waals surface area contributed by atoms with Crippen LogP contribution in [0.2, 0.25) is 0 Å². The second kappa shape index (κ2) is 7.77. The van der Waals surface area contributed by atoms with Gasteiger partial charge < -0.3 is 14.0 Å². The second-order valence-corrected chi connectivity index (χ2v) is 10.7. The van der Waals surface area contributed by atoms with Crippen molar-refractivity contribution in [3.05, 3.63) is 64.7 Å². The number of ether oxygens (including phenoxy) is 2. The largest absolute Gasteiger partial charge is 0.481 e. The highest BCUT2D eigenvalue weighted by Gasteiger charge is 2.53. The molecule has 0 radical (unpaired) electrons. The third-order valence-electron chi connectivity index (χ3n) is 6.19. The Morgan fingerprint density at radius 2 is 1.21 bits per heavy atom. The minimum absolute atomic E-state index is 0.0726. The minimum atomic E-state index is -4.13. The highest BCUT2D eigenvalue weighted by Crippen LogP contribution is 2.62. The summed E-state index contributed by atoms with van der Waals surface area (Å²) in [5.74, 6) is 5.85. The first-order chi connectivity index (χ1) is 16.3. The van der Waals surface area contributed by atoms with Crippen molar-refractivity contribution in [1.82, 2.24) is 0 Å². The summed E-state index contributed by atoms with van der Waals surface area (Å²) in [6.07, 6.45) is 10.6. The van der Waals surface area contributed by atoms with Crippen molar-refractivity contribution in [2.75, 3.05) is 13.2 Å². The molecule has 3 aromatic rings. The molecule has 2 aliphatic rings. The lowest BCUT2D eigenvalue weighted by Crippen LogP contribution is -2.32. The molecular weight excluding hydrogens is 447 g/mol. The predicted octanol–water partition coefficient (Wildman–Crippen LogP) is 4.96. The van der Waals surface area contributed by atoms with Crippen molar-refractivity contribution in [2.45, 2.75) is 13.8 Å². The number of rotatable bonds is 4. The van der Waals surface area contributed by atoms with Crippen molar-refractivity contribution in [3.63, 3.8) is 0 Å². The van der Waals surface area contributed by atoms with Gasteiger partial charge in [-0.3, -0.25) is 9.59 Å². The Kier molecular flexibility index (Phi) is 4.98. The summed E-state index contributed by atoms with van der Waals surface area (Å²) < 4.78 is 25.7. The van der Waals surface area contributed by atoms with E-state index in [1.807, 2.05) is 6.07 Å². The van der Waals surface area contributed by atoms with Crippen LogP contribution in [0.5, 0.6) is 11.5 Å². The van der Waals surface area contributed by atoms with Gasteiger partial charge in [-0.05, 0) is 71.5 Å². The molecule has 0 aromatic heterocycles. The SMILES string of the molecule is C#CCOc1cc(C)c2c(c1)-c1cccc3c1P(=O)(C2=O)C(=O)c1c(C)cc(OCC#C)cc1-3. The number of hydrogen-bond acceptors (Lipinski definition) is 5. The van der Waals surface area contributed by atoms with Crippen LogP contribution < -0.4 is 14.8 Å². The number of benzene rings is 3. The fraction of sp³-hybridized carbons (Fsp3) is 0.143. The van der Waals surface area contributed by atoms with E-state index in [9.17, 15) is 14.2 Å². The van der Waals surface area contributed by atoms with Crippen LogP contribution in [0.25, 0.3) is 22.3 Å². The molecular formula is C28H19O5P. The van der Waals surface area contributed by atoms with E-state index in [4.69, 9.17) is 22.3 Å². The van der Waals surface area contributed by atoms with Crippen molar-refractivity contribution < 1.29 is 23.6 Å². The fourth-order valence-corrected chi connectivity index (χ4v) is 7.73. The minimum Gasteiger partial charge on any atom is -0.481 e. The van der Waals surface area contributed by atoms with Crippen LogP contribution in [0.15, 0.2) is 42.5 Å². The van der Waals surface area contributed by atoms with Gasteiger partial charge in [-0.15, -0.1) is 12.8 Å². The van der Waals surface area contributed by atoms with Crippen LogP contribution >= 0.6 is 7.14 Å². The highest BCUT2D eigenvalue weighted by molar-refractivity contribution is 8.01. The Labute approximate surface area is 197 Å². The first-order valence-electron chi connectivity index (χ1n) is 10.6. The van der Waals surface area contributed by atoms with Gasteiger partial charge in [0.1, 0.15) is 24.7 Å². The Bertz CT molecular complexity index is 1460. The van der Waals surface area contributed by atoms with Gasteiger partial charge in [-0.2, -0.15) is 0 Å². The van der Waals surface area contributed by atoms with E-state index in [1.165, 1.54) is 0 Å². The molecule has 6 heteroatoms. The zero-order valence-electron chi connectivity index (χ0n) is 18.6. The molecule has 0 fully saturated rings. The van der Waals surface area contributed by atoms with Gasteiger partial charge in [-0.25, -0.2) is 0 Å². The second-order valence-electron chi connectivity index (χ2n) is 8.23. The molecule has 0 N–H and O–H groups in total. The summed E-state index contributed by atoms with van der Waals surface area (Å²) in [5, 5.41) is 0.270. The Balaban J connectivity index is 1.84. The lowest BCUT2D eigenvalue weighted by atomic mass is 9.90. The Morgan fingerprint density at radius 3 is 1.62 bits per heavy atom. The number of carbonyl (C=O) groups is 2. The summed E-state index contributed by atoms with van der Waals surface area (Å²) in [6.45, 7) is 3.62. The molecule has 5 rings (SSSR count).